The first-order valence-corrected chi connectivity index (χ1v) is 5.71. The van der Waals surface area contributed by atoms with Gasteiger partial charge < -0.3 is 6.92 Å². The van der Waals surface area contributed by atoms with Crippen LogP contribution in [-0.4, -0.2) is 0 Å². The first-order chi connectivity index (χ1) is 5.91. The Kier molecular flexibility index (Phi) is 20.2. The summed E-state index contributed by atoms with van der Waals surface area (Å²) in [5.41, 5.74) is 0. The monoisotopic (exact) mass is 328 g/mol. The van der Waals surface area contributed by atoms with Crippen LogP contribution >= 0.6 is 0 Å². The van der Waals surface area contributed by atoms with E-state index in [0.29, 0.717) is 0 Å². The molecule has 13 heavy (non-hydrogen) atoms. The fraction of sp³-hybridized carbons (Fsp3) is 0.917. The van der Waals surface area contributed by atoms with Crippen molar-refractivity contribution >= 4 is 0 Å². The van der Waals surface area contributed by atoms with E-state index < -0.39 is 0 Å². The molecule has 0 aliphatic carbocycles. The first-order valence-electron chi connectivity index (χ1n) is 5.71. The van der Waals surface area contributed by atoms with Crippen molar-refractivity contribution in [3.05, 3.63) is 6.92 Å². The smallest absolute Gasteiger partial charge is 0 e. The minimum atomic E-state index is 0. The van der Waals surface area contributed by atoms with Crippen molar-refractivity contribution in [3.63, 3.8) is 0 Å². The van der Waals surface area contributed by atoms with Crippen LogP contribution in [0.3, 0.4) is 0 Å². The van der Waals surface area contributed by atoms with Gasteiger partial charge in [-0.25, -0.2) is 0 Å². The molecule has 1 heteroatoms. The Morgan fingerprint density at radius 2 is 1.08 bits per heavy atom. The number of hydrogen-bond donors (Lipinski definition) is 0. The third-order valence-electron chi connectivity index (χ3n) is 2.35. The van der Waals surface area contributed by atoms with Gasteiger partial charge in [-0.1, -0.05) is 64.7 Å². The molecular formula is C12H25Tb-. The quantitative estimate of drug-likeness (QED) is 0.424. The second-order valence-electron chi connectivity index (χ2n) is 3.68. The molecule has 0 aromatic carbocycles. The number of hydrogen-bond acceptors (Lipinski definition) is 0. The van der Waals surface area contributed by atoms with Crippen LogP contribution in [0.2, 0.25) is 0 Å². The summed E-state index contributed by atoms with van der Waals surface area (Å²) in [6.45, 7) is 6.12. The van der Waals surface area contributed by atoms with Crippen molar-refractivity contribution in [3.8, 4) is 0 Å². The molecule has 0 fully saturated rings. The Morgan fingerprint density at radius 3 is 1.46 bits per heavy atom. The summed E-state index contributed by atoms with van der Waals surface area (Å²) in [4.78, 5) is 0. The van der Waals surface area contributed by atoms with Gasteiger partial charge in [0, 0.05) is 38.6 Å². The van der Waals surface area contributed by atoms with Gasteiger partial charge in [-0.2, -0.15) is 6.42 Å². The summed E-state index contributed by atoms with van der Waals surface area (Å²) in [6, 6.07) is 0. The summed E-state index contributed by atoms with van der Waals surface area (Å²) in [5, 5.41) is 0. The molecule has 83 valence electrons. The summed E-state index contributed by atoms with van der Waals surface area (Å²) < 4.78 is 0. The third kappa shape index (κ3) is 16.0. The van der Waals surface area contributed by atoms with E-state index in [0.717, 1.165) is 6.42 Å². The second kappa shape index (κ2) is 15.7. The molecule has 0 heterocycles. The Balaban J connectivity index is 0. The SMILES string of the molecule is [CH2-]CCCCCCCCCCC.[Tb]. The van der Waals surface area contributed by atoms with Crippen molar-refractivity contribution < 1.29 is 38.6 Å². The van der Waals surface area contributed by atoms with E-state index in [1.165, 1.54) is 57.8 Å². The molecule has 0 bridgehead atoms. The maximum absolute atomic E-state index is 3.84. The molecule has 0 aromatic heterocycles. The van der Waals surface area contributed by atoms with Crippen LogP contribution in [0.4, 0.5) is 0 Å². The topological polar surface area (TPSA) is 0 Å². The molecule has 0 aromatic rings. The molecule has 0 atom stereocenters. The van der Waals surface area contributed by atoms with Crippen LogP contribution in [0, 0.1) is 45.5 Å². The summed E-state index contributed by atoms with van der Waals surface area (Å²) in [7, 11) is 0. The molecule has 0 saturated carbocycles. The van der Waals surface area contributed by atoms with Gasteiger partial charge >= 0.3 is 0 Å². The molecule has 0 amide bonds. The normalized spacial score (nSPS) is 9.69. The second-order valence-corrected chi connectivity index (χ2v) is 3.68. The molecule has 0 spiro atoms. The van der Waals surface area contributed by atoms with E-state index >= 15 is 0 Å². The molecule has 0 nitrogen and oxygen atoms in total. The van der Waals surface area contributed by atoms with Crippen LogP contribution in [0.15, 0.2) is 0 Å². The van der Waals surface area contributed by atoms with Crippen LogP contribution in [0.25, 0.3) is 0 Å². The Bertz CT molecular complexity index is 61.5. The maximum Gasteiger partial charge on any atom is 0 e. The van der Waals surface area contributed by atoms with Crippen molar-refractivity contribution in [2.75, 3.05) is 0 Å². The number of rotatable bonds is 9. The molecule has 0 N–H and O–H groups in total. The van der Waals surface area contributed by atoms with Crippen molar-refractivity contribution in [1.82, 2.24) is 0 Å². The van der Waals surface area contributed by atoms with Gasteiger partial charge in [-0.15, -0.1) is 0 Å². The van der Waals surface area contributed by atoms with Crippen molar-refractivity contribution in [2.45, 2.75) is 71.1 Å². The van der Waals surface area contributed by atoms with E-state index in [-0.39, 0.29) is 38.6 Å². The summed E-state index contributed by atoms with van der Waals surface area (Å²) in [6.07, 6.45) is 13.9. The van der Waals surface area contributed by atoms with Gasteiger partial charge in [0.1, 0.15) is 0 Å². The Hall–Kier alpha value is 1.29. The predicted octanol–water partition coefficient (Wildman–Crippen LogP) is 4.74. The molecular weight excluding hydrogens is 303 g/mol. The summed E-state index contributed by atoms with van der Waals surface area (Å²) >= 11 is 0. The van der Waals surface area contributed by atoms with Gasteiger partial charge in [0.2, 0.25) is 0 Å². The molecule has 1 radical (unpaired) electrons. The zero-order valence-corrected chi connectivity index (χ0v) is 11.3. The van der Waals surface area contributed by atoms with Gasteiger partial charge in [-0.05, 0) is 0 Å². The van der Waals surface area contributed by atoms with Crippen LogP contribution in [0.5, 0.6) is 0 Å². The van der Waals surface area contributed by atoms with E-state index in [4.69, 9.17) is 0 Å². The van der Waals surface area contributed by atoms with Gasteiger partial charge in [0.05, 0.1) is 0 Å². The minimum absolute atomic E-state index is 0. The molecule has 0 aliphatic rings. The van der Waals surface area contributed by atoms with E-state index in [1.807, 2.05) is 0 Å². The zero-order chi connectivity index (χ0) is 9.07. The largest absolute Gasteiger partial charge is 0.343 e. The van der Waals surface area contributed by atoms with Gasteiger partial charge in [0.15, 0.2) is 0 Å². The molecule has 0 rings (SSSR count). The fourth-order valence-corrected chi connectivity index (χ4v) is 1.49. The van der Waals surface area contributed by atoms with Gasteiger partial charge in [0.25, 0.3) is 0 Å². The maximum atomic E-state index is 3.84. The number of unbranched alkanes of at least 4 members (excludes halogenated alkanes) is 9. The molecule has 0 unspecified atom stereocenters. The van der Waals surface area contributed by atoms with Crippen LogP contribution in [-0.2, 0) is 0 Å². The average molecular weight is 328 g/mol. The Morgan fingerprint density at radius 1 is 0.692 bits per heavy atom. The third-order valence-corrected chi connectivity index (χ3v) is 2.35. The fourth-order valence-electron chi connectivity index (χ4n) is 1.49. The van der Waals surface area contributed by atoms with E-state index in [2.05, 4.69) is 13.8 Å². The standard InChI is InChI=1S/C12H25.Tb/c1-3-5-7-9-11-12-10-8-6-4-2;/h1,3-12H2,2H3;/q-1;. The average Bonchev–Trinajstić information content (AvgIpc) is 2.10. The van der Waals surface area contributed by atoms with Crippen LogP contribution in [0.1, 0.15) is 71.1 Å². The zero-order valence-electron chi connectivity index (χ0n) is 9.11. The van der Waals surface area contributed by atoms with Crippen molar-refractivity contribution in [1.29, 1.82) is 0 Å². The van der Waals surface area contributed by atoms with E-state index in [1.54, 1.807) is 0 Å². The van der Waals surface area contributed by atoms with Crippen LogP contribution < -0.4 is 0 Å². The minimum Gasteiger partial charge on any atom is -0.343 e. The molecule has 0 saturated heterocycles. The van der Waals surface area contributed by atoms with E-state index in [9.17, 15) is 0 Å². The van der Waals surface area contributed by atoms with Gasteiger partial charge in [-0.3, -0.25) is 0 Å². The first kappa shape index (κ1) is 16.7. The molecule has 0 aliphatic heterocycles. The predicted molar refractivity (Wildman–Crippen MR) is 57.2 cm³/mol. The Labute approximate surface area is 116 Å². The van der Waals surface area contributed by atoms with Crippen molar-refractivity contribution in [2.24, 2.45) is 0 Å². The summed E-state index contributed by atoms with van der Waals surface area (Å²) in [5.74, 6) is 0.